The summed E-state index contributed by atoms with van der Waals surface area (Å²) < 4.78 is 29.7. The molecule has 6 rings (SSSR count). The summed E-state index contributed by atoms with van der Waals surface area (Å²) in [6, 6.07) is 9.75. The largest absolute Gasteiger partial charge is 0.489 e. The number of carbonyl (C=O) groups is 1. The summed E-state index contributed by atoms with van der Waals surface area (Å²) in [5.41, 5.74) is 2.57. The molecule has 1 spiro atoms. The van der Waals surface area contributed by atoms with Gasteiger partial charge in [0.15, 0.2) is 11.6 Å². The molecule has 7 nitrogen and oxygen atoms in total. The predicted molar refractivity (Wildman–Crippen MR) is 164 cm³/mol. The number of benzene rings is 1. The number of allylic oxidation sites excluding steroid dienone is 1. The normalized spacial score (nSPS) is 34.7. The van der Waals surface area contributed by atoms with Crippen LogP contribution in [0.25, 0.3) is 0 Å². The van der Waals surface area contributed by atoms with Gasteiger partial charge in [-0.15, -0.1) is 0 Å². The molecule has 1 aromatic heterocycles. The van der Waals surface area contributed by atoms with Gasteiger partial charge in [0.25, 0.3) is 0 Å². The number of pyridine rings is 1. The van der Waals surface area contributed by atoms with Crippen molar-refractivity contribution in [2.75, 3.05) is 31.7 Å². The number of hydrogen-bond donors (Lipinski definition) is 1. The van der Waals surface area contributed by atoms with E-state index in [-0.39, 0.29) is 28.4 Å². The van der Waals surface area contributed by atoms with Crippen LogP contribution < -0.4 is 9.64 Å². The van der Waals surface area contributed by atoms with E-state index in [9.17, 15) is 9.00 Å². The van der Waals surface area contributed by atoms with Crippen molar-refractivity contribution < 1.29 is 18.5 Å². The summed E-state index contributed by atoms with van der Waals surface area (Å²) in [4.78, 5) is 20.4. The van der Waals surface area contributed by atoms with Crippen LogP contribution >= 0.6 is 11.6 Å². The second-order valence-corrected chi connectivity index (χ2v) is 14.5. The minimum Gasteiger partial charge on any atom is -0.489 e. The number of nitrogens with zero attached hydrogens (tertiary/aromatic N) is 3. The first-order valence-corrected chi connectivity index (χ1v) is 16.5. The molecule has 9 heteroatoms. The summed E-state index contributed by atoms with van der Waals surface area (Å²) in [7, 11) is -0.294. The van der Waals surface area contributed by atoms with Crippen LogP contribution in [0.1, 0.15) is 67.6 Å². The number of ether oxygens (including phenoxy) is 2. The summed E-state index contributed by atoms with van der Waals surface area (Å²) in [5, 5.41) is 0.527. The second kappa shape index (κ2) is 11.7. The fourth-order valence-electron chi connectivity index (χ4n) is 7.11. The third-order valence-corrected chi connectivity index (χ3v) is 11.7. The number of aryl methyl sites for hydroxylation is 1. The molecule has 1 saturated carbocycles. The average molecular weight is 598 g/mol. The Balaban J connectivity index is 1.44. The SMILES string of the molecule is CO[C@H]1/C=C/C[C@H](C)[C@@H](C)/[SH](=O)=N\C(=O)c2ccc3c(n2)N(C[C@@H]2CC[C@H]21)C[C@@]1(CCCc2cc(Cl)ccc21)CO3. The van der Waals surface area contributed by atoms with Crippen LogP contribution in [0.4, 0.5) is 5.82 Å². The number of aromatic nitrogens is 1. The lowest BCUT2D eigenvalue weighted by atomic mass is 9.68. The van der Waals surface area contributed by atoms with Gasteiger partial charge in [0.05, 0.1) is 12.7 Å². The minimum atomic E-state index is -2.08. The first kappa shape index (κ1) is 28.7. The zero-order valence-electron chi connectivity index (χ0n) is 24.1. The van der Waals surface area contributed by atoms with Crippen molar-refractivity contribution in [3.8, 4) is 5.75 Å². The molecule has 2 aliphatic heterocycles. The maximum absolute atomic E-state index is 13.2. The second-order valence-electron chi connectivity index (χ2n) is 12.4. The topological polar surface area (TPSA) is 81.1 Å². The number of amides is 1. The van der Waals surface area contributed by atoms with E-state index in [2.05, 4.69) is 40.5 Å². The number of fused-ring (bicyclic) bond motifs is 4. The van der Waals surface area contributed by atoms with Gasteiger partial charge in [0, 0.05) is 46.5 Å². The number of methoxy groups -OCH3 is 1. The lowest BCUT2D eigenvalue weighted by Gasteiger charge is -2.45. The molecule has 41 heavy (non-hydrogen) atoms. The fourth-order valence-corrected chi connectivity index (χ4v) is 8.32. The highest BCUT2D eigenvalue weighted by Crippen LogP contribution is 2.46. The molecule has 220 valence electrons. The molecule has 1 fully saturated rings. The molecular formula is C32H40ClN3O4S. The van der Waals surface area contributed by atoms with E-state index < -0.39 is 16.5 Å². The molecular weight excluding hydrogens is 558 g/mol. The Morgan fingerprint density at radius 2 is 2.05 bits per heavy atom. The van der Waals surface area contributed by atoms with Crippen LogP contribution in [0, 0.1) is 17.8 Å². The van der Waals surface area contributed by atoms with Crippen LogP contribution in [0.3, 0.4) is 0 Å². The third-order valence-electron chi connectivity index (χ3n) is 9.92. The van der Waals surface area contributed by atoms with Gasteiger partial charge >= 0.3 is 5.91 Å². The Hall–Kier alpha value is -2.42. The number of thiol groups is 1. The number of rotatable bonds is 1. The van der Waals surface area contributed by atoms with Crippen LogP contribution in [-0.4, -0.2) is 53.3 Å². The van der Waals surface area contributed by atoms with E-state index in [0.29, 0.717) is 30.0 Å². The Labute approximate surface area is 249 Å². The molecule has 1 amide bonds. The van der Waals surface area contributed by atoms with Crippen LogP contribution in [-0.2, 0) is 27.2 Å². The van der Waals surface area contributed by atoms with Crippen molar-refractivity contribution in [1.29, 1.82) is 0 Å². The highest BCUT2D eigenvalue weighted by Gasteiger charge is 2.44. The van der Waals surface area contributed by atoms with Crippen molar-refractivity contribution in [1.82, 2.24) is 4.98 Å². The molecule has 1 aromatic carbocycles. The van der Waals surface area contributed by atoms with Gasteiger partial charge < -0.3 is 14.4 Å². The quantitative estimate of drug-likeness (QED) is 0.319. The Kier molecular flexibility index (Phi) is 8.18. The van der Waals surface area contributed by atoms with E-state index in [1.54, 1.807) is 13.2 Å². The number of anilines is 1. The van der Waals surface area contributed by atoms with E-state index in [1.807, 2.05) is 19.1 Å². The van der Waals surface area contributed by atoms with Crippen molar-refractivity contribution in [2.24, 2.45) is 22.1 Å². The molecule has 2 aromatic rings. The molecule has 2 aliphatic carbocycles. The lowest BCUT2D eigenvalue weighted by molar-refractivity contribution is 0.0131. The van der Waals surface area contributed by atoms with Gasteiger partial charge in [-0.1, -0.05) is 36.7 Å². The monoisotopic (exact) mass is 597 g/mol. The standard InChI is InChI=1S/C32H40ClN3O4S/c1-20-6-4-8-28(39-3)25-11-9-23(25)17-36-18-32(15-5-7-22-16-24(33)10-12-26(22)32)19-40-29-14-13-27(34-30(29)36)31(37)35-41(38)21(20)2/h4,8,10,12-14,16,20-21,23,25,28,41H,5-7,9,11,15,17-19H2,1-3H3/b8-4+/t20-,21+,23-,25+,28-,32-/m0/s1. The fraction of sp³-hybridized carbons (Fsp3) is 0.562. The van der Waals surface area contributed by atoms with E-state index in [0.717, 1.165) is 56.6 Å². The van der Waals surface area contributed by atoms with E-state index in [1.165, 1.54) is 11.1 Å². The van der Waals surface area contributed by atoms with Gasteiger partial charge in [-0.25, -0.2) is 4.98 Å². The maximum Gasteiger partial charge on any atom is 0.303 e. The van der Waals surface area contributed by atoms with Crippen molar-refractivity contribution >= 4 is 33.9 Å². The summed E-state index contributed by atoms with van der Waals surface area (Å²) in [6.45, 7) is 6.02. The highest BCUT2D eigenvalue weighted by atomic mass is 35.5. The van der Waals surface area contributed by atoms with E-state index in [4.69, 9.17) is 26.1 Å². The number of halogens is 1. The zero-order chi connectivity index (χ0) is 28.7. The smallest absolute Gasteiger partial charge is 0.303 e. The molecule has 4 aliphatic rings. The van der Waals surface area contributed by atoms with E-state index >= 15 is 0 Å². The Bertz CT molecular complexity index is 1440. The number of hydrogen-bond acceptors (Lipinski definition) is 6. The minimum absolute atomic E-state index is 0.0256. The predicted octanol–water partition coefficient (Wildman–Crippen LogP) is 6.04. The summed E-state index contributed by atoms with van der Waals surface area (Å²) in [5.74, 6) is 1.74. The van der Waals surface area contributed by atoms with Gasteiger partial charge in [-0.3, -0.25) is 9.00 Å². The molecule has 0 N–H and O–H groups in total. The van der Waals surface area contributed by atoms with Crippen molar-refractivity contribution in [3.63, 3.8) is 0 Å². The molecule has 1 unspecified atom stereocenters. The molecule has 0 saturated heterocycles. The van der Waals surface area contributed by atoms with Crippen LogP contribution in [0.2, 0.25) is 5.02 Å². The van der Waals surface area contributed by atoms with Crippen molar-refractivity contribution in [2.45, 2.75) is 69.1 Å². The molecule has 0 radical (unpaired) electrons. The molecule has 2 bridgehead atoms. The first-order valence-electron chi connectivity index (χ1n) is 14.9. The Morgan fingerprint density at radius 1 is 1.20 bits per heavy atom. The molecule has 3 heterocycles. The average Bonchev–Trinajstić information content (AvgIpc) is 3.10. The maximum atomic E-state index is 13.2. The van der Waals surface area contributed by atoms with Gasteiger partial charge in [-0.05, 0) is 98.6 Å². The summed E-state index contributed by atoms with van der Waals surface area (Å²) >= 11 is 6.40. The number of carbonyl (C=O) groups excluding carboxylic acids is 1. The summed E-state index contributed by atoms with van der Waals surface area (Å²) in [6.07, 6.45) is 10.4. The first-order chi connectivity index (χ1) is 19.8. The molecule has 7 atom stereocenters. The van der Waals surface area contributed by atoms with Gasteiger partial charge in [-0.2, -0.15) is 4.36 Å². The van der Waals surface area contributed by atoms with Crippen LogP contribution in [0.5, 0.6) is 5.75 Å². The van der Waals surface area contributed by atoms with Gasteiger partial charge in [0.2, 0.25) is 0 Å². The van der Waals surface area contributed by atoms with Gasteiger partial charge in [0.1, 0.15) is 5.69 Å². The zero-order valence-corrected chi connectivity index (χ0v) is 25.7. The van der Waals surface area contributed by atoms with Crippen molar-refractivity contribution in [3.05, 3.63) is 64.3 Å². The Morgan fingerprint density at radius 3 is 2.83 bits per heavy atom. The third kappa shape index (κ3) is 5.55. The van der Waals surface area contributed by atoms with Crippen LogP contribution in [0.15, 0.2) is 46.8 Å². The highest BCUT2D eigenvalue weighted by molar-refractivity contribution is 7.76. The lowest BCUT2D eigenvalue weighted by Crippen LogP contribution is -2.49.